The van der Waals surface area contributed by atoms with E-state index in [4.69, 9.17) is 0 Å². The monoisotopic (exact) mass is 263 g/mol. The van der Waals surface area contributed by atoms with Gasteiger partial charge in [-0.1, -0.05) is 26.0 Å². The average molecular weight is 263 g/mol. The Bertz CT molecular complexity index is 534. The van der Waals surface area contributed by atoms with Crippen LogP contribution >= 0.6 is 11.5 Å². The Kier molecular flexibility index (Phi) is 4.28. The van der Waals surface area contributed by atoms with Gasteiger partial charge in [-0.3, -0.25) is 9.69 Å². The molecule has 0 fully saturated rings. The van der Waals surface area contributed by atoms with Crippen molar-refractivity contribution in [2.24, 2.45) is 0 Å². The summed E-state index contributed by atoms with van der Waals surface area (Å²) in [6.07, 6.45) is 0. The highest BCUT2D eigenvalue weighted by Crippen LogP contribution is 2.25. The Hall–Kier alpha value is -1.46. The van der Waals surface area contributed by atoms with Gasteiger partial charge in [0.2, 0.25) is 5.91 Å². The Labute approximate surface area is 111 Å². The zero-order valence-corrected chi connectivity index (χ0v) is 11.5. The molecule has 0 saturated heterocycles. The van der Waals surface area contributed by atoms with Gasteiger partial charge in [-0.2, -0.15) is 4.37 Å². The van der Waals surface area contributed by atoms with Crippen LogP contribution < -0.4 is 5.32 Å². The average Bonchev–Trinajstić information content (AvgIpc) is 2.79. The summed E-state index contributed by atoms with van der Waals surface area (Å²) in [7, 11) is 0. The molecule has 0 unspecified atom stereocenters. The number of hydrogen-bond acceptors (Lipinski definition) is 4. The fraction of sp³-hybridized carbons (Fsp3) is 0.385. The van der Waals surface area contributed by atoms with Crippen LogP contribution in [0.3, 0.4) is 0 Å². The van der Waals surface area contributed by atoms with Crippen LogP contribution in [0.25, 0.3) is 10.1 Å². The van der Waals surface area contributed by atoms with Gasteiger partial charge in [-0.25, -0.2) is 0 Å². The summed E-state index contributed by atoms with van der Waals surface area (Å²) < 4.78 is 5.38. The molecule has 0 aliphatic rings. The second-order valence-corrected chi connectivity index (χ2v) is 4.84. The normalized spacial score (nSPS) is 11.1. The van der Waals surface area contributed by atoms with Crippen LogP contribution in [0.5, 0.6) is 0 Å². The summed E-state index contributed by atoms with van der Waals surface area (Å²) in [6.45, 7) is 6.27. The lowest BCUT2D eigenvalue weighted by Crippen LogP contribution is -2.33. The number of likely N-dealkylation sites (N-methyl/N-ethyl adjacent to an activating group) is 1. The second-order valence-electron chi connectivity index (χ2n) is 4.04. The first-order chi connectivity index (χ1) is 8.74. The third kappa shape index (κ3) is 2.86. The van der Waals surface area contributed by atoms with Crippen molar-refractivity contribution in [1.82, 2.24) is 9.27 Å². The number of carbonyl (C=O) groups excluding carboxylic acids is 1. The molecule has 1 amide bonds. The van der Waals surface area contributed by atoms with Gasteiger partial charge in [-0.05, 0) is 36.8 Å². The van der Waals surface area contributed by atoms with Crippen molar-refractivity contribution in [1.29, 1.82) is 0 Å². The minimum absolute atomic E-state index is 0.00486. The molecule has 5 heteroatoms. The van der Waals surface area contributed by atoms with Gasteiger partial charge in [0, 0.05) is 5.39 Å². The highest BCUT2D eigenvalue weighted by molar-refractivity contribution is 7.13. The molecule has 0 aliphatic carbocycles. The predicted molar refractivity (Wildman–Crippen MR) is 76.0 cm³/mol. The van der Waals surface area contributed by atoms with Crippen molar-refractivity contribution in [3.05, 3.63) is 24.3 Å². The molecule has 0 bridgehead atoms. The number of anilines is 1. The number of carbonyl (C=O) groups is 1. The van der Waals surface area contributed by atoms with Crippen molar-refractivity contribution in [3.63, 3.8) is 0 Å². The molecule has 4 nitrogen and oxygen atoms in total. The summed E-state index contributed by atoms with van der Waals surface area (Å²) in [5, 5.41) is 3.89. The molecule has 0 radical (unpaired) electrons. The van der Waals surface area contributed by atoms with E-state index in [1.807, 2.05) is 24.3 Å². The maximum absolute atomic E-state index is 11.9. The zero-order valence-electron chi connectivity index (χ0n) is 10.6. The number of benzene rings is 1. The lowest BCUT2D eigenvalue weighted by atomic mass is 10.2. The van der Waals surface area contributed by atoms with Crippen LogP contribution in [0.15, 0.2) is 24.3 Å². The first-order valence-electron chi connectivity index (χ1n) is 6.11. The molecule has 0 atom stereocenters. The SMILES string of the molecule is CCN(CC)CC(=O)Nc1nsc2ccccc12. The van der Waals surface area contributed by atoms with E-state index in [1.54, 1.807) is 0 Å². The molecular formula is C13H17N3OS. The van der Waals surface area contributed by atoms with Crippen molar-refractivity contribution in [3.8, 4) is 0 Å². The molecule has 0 spiro atoms. The number of nitrogens with one attached hydrogen (secondary N) is 1. The van der Waals surface area contributed by atoms with Crippen LogP contribution in [0.2, 0.25) is 0 Å². The summed E-state index contributed by atoms with van der Waals surface area (Å²) >= 11 is 1.41. The van der Waals surface area contributed by atoms with Gasteiger partial charge in [-0.15, -0.1) is 0 Å². The molecule has 1 N–H and O–H groups in total. The highest BCUT2D eigenvalue weighted by Gasteiger charge is 2.11. The van der Waals surface area contributed by atoms with Crippen LogP contribution in [0, 0.1) is 0 Å². The fourth-order valence-electron chi connectivity index (χ4n) is 1.80. The highest BCUT2D eigenvalue weighted by atomic mass is 32.1. The van der Waals surface area contributed by atoms with Crippen LogP contribution in [0.4, 0.5) is 5.82 Å². The largest absolute Gasteiger partial charge is 0.308 e. The molecule has 96 valence electrons. The molecule has 2 aromatic rings. The number of fused-ring (bicyclic) bond motifs is 1. The van der Waals surface area contributed by atoms with Gasteiger partial charge in [0.25, 0.3) is 0 Å². The van der Waals surface area contributed by atoms with E-state index in [9.17, 15) is 4.79 Å². The van der Waals surface area contributed by atoms with Crippen molar-refractivity contribution in [2.75, 3.05) is 25.0 Å². The van der Waals surface area contributed by atoms with Crippen molar-refractivity contribution >= 4 is 33.3 Å². The van der Waals surface area contributed by atoms with E-state index in [0.29, 0.717) is 12.4 Å². The van der Waals surface area contributed by atoms with Crippen molar-refractivity contribution in [2.45, 2.75) is 13.8 Å². The minimum atomic E-state index is -0.00486. The van der Waals surface area contributed by atoms with Crippen LogP contribution in [-0.2, 0) is 4.79 Å². The first-order valence-corrected chi connectivity index (χ1v) is 6.88. The lowest BCUT2D eigenvalue weighted by Gasteiger charge is -2.16. The van der Waals surface area contributed by atoms with Crippen LogP contribution in [-0.4, -0.2) is 34.8 Å². The second kappa shape index (κ2) is 5.93. The van der Waals surface area contributed by atoms with E-state index in [2.05, 4.69) is 28.4 Å². The molecule has 1 heterocycles. The lowest BCUT2D eigenvalue weighted by molar-refractivity contribution is -0.117. The fourth-order valence-corrected chi connectivity index (χ4v) is 2.53. The molecule has 0 aliphatic heterocycles. The Morgan fingerprint density at radius 2 is 2.06 bits per heavy atom. The zero-order chi connectivity index (χ0) is 13.0. The third-order valence-electron chi connectivity index (χ3n) is 2.90. The van der Waals surface area contributed by atoms with Crippen molar-refractivity contribution < 1.29 is 4.79 Å². The third-order valence-corrected chi connectivity index (χ3v) is 3.72. The molecule has 2 rings (SSSR count). The van der Waals surface area contributed by atoms with Crippen LogP contribution in [0.1, 0.15) is 13.8 Å². The summed E-state index contributed by atoms with van der Waals surface area (Å²) in [4.78, 5) is 14.0. The van der Waals surface area contributed by atoms with Gasteiger partial charge in [0.05, 0.1) is 11.2 Å². The van der Waals surface area contributed by atoms with Gasteiger partial charge < -0.3 is 5.32 Å². The van der Waals surface area contributed by atoms with E-state index < -0.39 is 0 Å². The summed E-state index contributed by atoms with van der Waals surface area (Å²) in [6, 6.07) is 7.91. The Morgan fingerprint density at radius 3 is 2.78 bits per heavy atom. The Morgan fingerprint density at radius 1 is 1.33 bits per heavy atom. The topological polar surface area (TPSA) is 45.2 Å². The van der Waals surface area contributed by atoms with E-state index in [0.717, 1.165) is 23.2 Å². The maximum Gasteiger partial charge on any atom is 0.239 e. The molecule has 0 saturated carbocycles. The summed E-state index contributed by atoms with van der Waals surface area (Å²) in [5.74, 6) is 0.669. The molecular weight excluding hydrogens is 246 g/mol. The van der Waals surface area contributed by atoms with E-state index >= 15 is 0 Å². The van der Waals surface area contributed by atoms with Gasteiger partial charge in [0.15, 0.2) is 5.82 Å². The maximum atomic E-state index is 11.9. The number of amides is 1. The van der Waals surface area contributed by atoms with Gasteiger partial charge in [0.1, 0.15) is 0 Å². The van der Waals surface area contributed by atoms with Gasteiger partial charge >= 0.3 is 0 Å². The summed E-state index contributed by atoms with van der Waals surface area (Å²) in [5.41, 5.74) is 0. The standard InChI is InChI=1S/C13H17N3OS/c1-3-16(4-2)9-12(17)14-13-10-7-5-6-8-11(10)18-15-13/h5-8H,3-4,9H2,1-2H3,(H,14,15,17). The number of rotatable bonds is 5. The quantitative estimate of drug-likeness (QED) is 0.901. The van der Waals surface area contributed by atoms with E-state index in [1.165, 1.54) is 11.5 Å². The number of aromatic nitrogens is 1. The minimum Gasteiger partial charge on any atom is -0.308 e. The molecule has 1 aromatic carbocycles. The molecule has 1 aromatic heterocycles. The number of hydrogen-bond donors (Lipinski definition) is 1. The predicted octanol–water partition coefficient (Wildman–Crippen LogP) is 2.58. The molecule has 18 heavy (non-hydrogen) atoms. The Balaban J connectivity index is 2.07. The smallest absolute Gasteiger partial charge is 0.239 e. The number of nitrogens with zero attached hydrogens (tertiary/aromatic N) is 2. The first kappa shape index (κ1) is 13.0. The van der Waals surface area contributed by atoms with E-state index in [-0.39, 0.29) is 5.91 Å².